The Morgan fingerprint density at radius 3 is 2.71 bits per heavy atom. The van der Waals surface area contributed by atoms with Crippen LogP contribution in [0.2, 0.25) is 10.0 Å². The number of nitrogens with zero attached hydrogens (tertiary/aromatic N) is 1. The molecule has 0 unspecified atom stereocenters. The van der Waals surface area contributed by atoms with Crippen molar-refractivity contribution in [3.63, 3.8) is 0 Å². The molecule has 1 aliphatic carbocycles. The number of benzene rings is 1. The molecule has 0 amide bonds. The summed E-state index contributed by atoms with van der Waals surface area (Å²) >= 11 is 12.1. The lowest BCUT2D eigenvalue weighted by Crippen LogP contribution is -2.07. The second-order valence-corrected chi connectivity index (χ2v) is 5.98. The van der Waals surface area contributed by atoms with Crippen LogP contribution in [0.15, 0.2) is 30.3 Å². The molecule has 2 nitrogen and oxygen atoms in total. The molecule has 1 aromatic carbocycles. The summed E-state index contributed by atoms with van der Waals surface area (Å²) in [4.78, 5) is 4.48. The molecule has 0 bridgehead atoms. The van der Waals surface area contributed by atoms with Crippen LogP contribution >= 0.6 is 23.2 Å². The summed E-state index contributed by atoms with van der Waals surface area (Å²) in [5.41, 5.74) is 1.48. The fraction of sp³-hybridized carbons (Fsp3) is 0.312. The Morgan fingerprint density at radius 1 is 1.24 bits per heavy atom. The molecule has 3 rings (SSSR count). The van der Waals surface area contributed by atoms with Crippen LogP contribution in [0.5, 0.6) is 5.88 Å². The monoisotopic (exact) mass is 325 g/mol. The lowest BCUT2D eigenvalue weighted by atomic mass is 10.1. The third kappa shape index (κ3) is 3.14. The van der Waals surface area contributed by atoms with Crippen molar-refractivity contribution in [3.8, 4) is 5.88 Å². The Kier molecular flexibility index (Phi) is 4.05. The predicted molar refractivity (Wildman–Crippen MR) is 81.7 cm³/mol. The largest absolute Gasteiger partial charge is 0.470 e. The molecular weight excluding hydrogens is 312 g/mol. The highest BCUT2D eigenvalue weighted by molar-refractivity contribution is 6.36. The summed E-state index contributed by atoms with van der Waals surface area (Å²) in [5, 5.41) is 0.376. The van der Waals surface area contributed by atoms with E-state index in [2.05, 4.69) is 4.98 Å². The highest BCUT2D eigenvalue weighted by atomic mass is 35.5. The number of pyridine rings is 1. The summed E-state index contributed by atoms with van der Waals surface area (Å²) in [5.74, 6) is 0.541. The first-order valence-electron chi connectivity index (χ1n) is 6.83. The molecular formula is C16H14Cl2FNO. The standard InChI is InChI=1S/C16H14Cl2FNO/c1-9(15-11(17)7-8-12(19)16(15)18)21-14-4-2-3-13(20-14)10-5-6-10/h2-4,7-10H,5-6H2,1H3/t9-/m0/s1. The van der Waals surface area contributed by atoms with Gasteiger partial charge in [0, 0.05) is 28.3 Å². The van der Waals surface area contributed by atoms with Crippen LogP contribution in [0.1, 0.15) is 43.0 Å². The first-order valence-corrected chi connectivity index (χ1v) is 7.59. The summed E-state index contributed by atoms with van der Waals surface area (Å²) in [6, 6.07) is 8.41. The van der Waals surface area contributed by atoms with Gasteiger partial charge in [0.25, 0.3) is 0 Å². The van der Waals surface area contributed by atoms with Crippen molar-refractivity contribution in [1.29, 1.82) is 0 Å². The van der Waals surface area contributed by atoms with E-state index in [1.165, 1.54) is 25.0 Å². The van der Waals surface area contributed by atoms with Gasteiger partial charge in [-0.3, -0.25) is 0 Å². The minimum absolute atomic E-state index is 0.00616. The van der Waals surface area contributed by atoms with Crippen LogP contribution in [0.4, 0.5) is 4.39 Å². The van der Waals surface area contributed by atoms with Gasteiger partial charge in [-0.1, -0.05) is 29.3 Å². The lowest BCUT2D eigenvalue weighted by molar-refractivity contribution is 0.216. The van der Waals surface area contributed by atoms with Crippen molar-refractivity contribution < 1.29 is 9.13 Å². The van der Waals surface area contributed by atoms with E-state index >= 15 is 0 Å². The summed E-state index contributed by atoms with van der Waals surface area (Å²) in [6.45, 7) is 1.78. The molecule has 0 spiro atoms. The SMILES string of the molecule is C[C@H](Oc1cccc(C2CC2)n1)c1c(Cl)ccc(F)c1Cl. The van der Waals surface area contributed by atoms with E-state index in [9.17, 15) is 4.39 Å². The maximum absolute atomic E-state index is 13.6. The molecule has 5 heteroatoms. The molecule has 0 saturated heterocycles. The topological polar surface area (TPSA) is 22.1 Å². The molecule has 2 aromatic rings. The van der Waals surface area contributed by atoms with Gasteiger partial charge in [-0.2, -0.15) is 0 Å². The number of hydrogen-bond acceptors (Lipinski definition) is 2. The molecule has 1 saturated carbocycles. The Bertz CT molecular complexity index is 673. The average Bonchev–Trinajstić information content (AvgIpc) is 3.28. The minimum Gasteiger partial charge on any atom is -0.470 e. The van der Waals surface area contributed by atoms with Gasteiger partial charge in [0.15, 0.2) is 0 Å². The van der Waals surface area contributed by atoms with Crippen molar-refractivity contribution in [3.05, 3.63) is 57.5 Å². The first kappa shape index (κ1) is 14.6. The fourth-order valence-corrected chi connectivity index (χ4v) is 2.94. The molecule has 1 heterocycles. The minimum atomic E-state index is -0.508. The Balaban J connectivity index is 1.84. The van der Waals surface area contributed by atoms with Gasteiger partial charge in [0.2, 0.25) is 5.88 Å². The maximum Gasteiger partial charge on any atom is 0.214 e. The van der Waals surface area contributed by atoms with E-state index in [-0.39, 0.29) is 5.02 Å². The Labute approximate surface area is 132 Å². The lowest BCUT2D eigenvalue weighted by Gasteiger charge is -2.17. The average molecular weight is 326 g/mol. The number of aromatic nitrogens is 1. The van der Waals surface area contributed by atoms with Crippen LogP contribution in [-0.2, 0) is 0 Å². The normalized spacial score (nSPS) is 15.8. The van der Waals surface area contributed by atoms with Crippen LogP contribution < -0.4 is 4.74 Å². The number of ether oxygens (including phenoxy) is 1. The Morgan fingerprint density at radius 2 is 2.00 bits per heavy atom. The maximum atomic E-state index is 13.6. The molecule has 0 radical (unpaired) electrons. The zero-order valence-electron chi connectivity index (χ0n) is 11.4. The quantitative estimate of drug-likeness (QED) is 0.688. The van der Waals surface area contributed by atoms with E-state index in [0.29, 0.717) is 22.4 Å². The molecule has 1 aromatic heterocycles. The fourth-order valence-electron chi connectivity index (χ4n) is 2.26. The van der Waals surface area contributed by atoms with E-state index < -0.39 is 11.9 Å². The van der Waals surface area contributed by atoms with Gasteiger partial charge < -0.3 is 4.74 Å². The Hall–Kier alpha value is -1.32. The van der Waals surface area contributed by atoms with Gasteiger partial charge >= 0.3 is 0 Å². The van der Waals surface area contributed by atoms with E-state index in [0.717, 1.165) is 5.69 Å². The third-order valence-electron chi connectivity index (χ3n) is 3.52. The molecule has 1 atom stereocenters. The van der Waals surface area contributed by atoms with E-state index in [4.69, 9.17) is 27.9 Å². The van der Waals surface area contributed by atoms with Crippen molar-refractivity contribution >= 4 is 23.2 Å². The van der Waals surface area contributed by atoms with Gasteiger partial charge in [0.05, 0.1) is 5.02 Å². The van der Waals surface area contributed by atoms with Crippen molar-refractivity contribution in [2.24, 2.45) is 0 Å². The summed E-state index contributed by atoms with van der Waals surface area (Å²) in [6.07, 6.45) is 1.86. The van der Waals surface area contributed by atoms with E-state index in [1.54, 1.807) is 13.0 Å². The van der Waals surface area contributed by atoms with E-state index in [1.807, 2.05) is 12.1 Å². The predicted octanol–water partition coefficient (Wildman–Crippen LogP) is 5.54. The van der Waals surface area contributed by atoms with Crippen molar-refractivity contribution in [2.45, 2.75) is 31.8 Å². The molecule has 110 valence electrons. The van der Waals surface area contributed by atoms with Crippen LogP contribution in [-0.4, -0.2) is 4.98 Å². The van der Waals surface area contributed by atoms with Gasteiger partial charge in [-0.05, 0) is 38.0 Å². The number of rotatable bonds is 4. The van der Waals surface area contributed by atoms with Crippen LogP contribution in [0, 0.1) is 5.82 Å². The summed E-state index contributed by atoms with van der Waals surface area (Å²) in [7, 11) is 0. The third-order valence-corrected chi connectivity index (χ3v) is 4.24. The molecule has 1 fully saturated rings. The van der Waals surface area contributed by atoms with Crippen LogP contribution in [0.3, 0.4) is 0 Å². The number of hydrogen-bond donors (Lipinski definition) is 0. The smallest absolute Gasteiger partial charge is 0.214 e. The van der Waals surface area contributed by atoms with Crippen LogP contribution in [0.25, 0.3) is 0 Å². The molecule has 21 heavy (non-hydrogen) atoms. The van der Waals surface area contributed by atoms with Crippen molar-refractivity contribution in [2.75, 3.05) is 0 Å². The zero-order chi connectivity index (χ0) is 15.0. The molecule has 1 aliphatic rings. The van der Waals surface area contributed by atoms with Gasteiger partial charge in [-0.15, -0.1) is 0 Å². The molecule has 0 aliphatic heterocycles. The zero-order valence-corrected chi connectivity index (χ0v) is 13.0. The van der Waals surface area contributed by atoms with Gasteiger partial charge in [-0.25, -0.2) is 9.37 Å². The highest BCUT2D eigenvalue weighted by Crippen LogP contribution is 2.40. The molecule has 0 N–H and O–H groups in total. The van der Waals surface area contributed by atoms with Gasteiger partial charge in [0.1, 0.15) is 11.9 Å². The van der Waals surface area contributed by atoms with Crippen molar-refractivity contribution in [1.82, 2.24) is 4.98 Å². The second-order valence-electron chi connectivity index (χ2n) is 5.19. The second kappa shape index (κ2) is 5.82. The summed E-state index contributed by atoms with van der Waals surface area (Å²) < 4.78 is 19.4. The highest BCUT2D eigenvalue weighted by Gasteiger charge is 2.25. The number of halogens is 3. The first-order chi connectivity index (χ1) is 10.1.